The van der Waals surface area contributed by atoms with E-state index in [-0.39, 0.29) is 0 Å². The number of morpholine rings is 1. The van der Waals surface area contributed by atoms with Crippen LogP contribution in [0.5, 0.6) is 0 Å². The van der Waals surface area contributed by atoms with Gasteiger partial charge < -0.3 is 10.1 Å². The largest absolute Gasteiger partial charge is 0.379 e. The standard InChI is InChI=1S/C16H26N2O/c1-12-7-13(2)9-15(8-12)16(17-4)10-18-5-6-19-11-14(18)3/h7-9,14,16-17H,5-6,10-11H2,1-4H3. The normalized spacial score (nSPS) is 22.4. The highest BCUT2D eigenvalue weighted by Gasteiger charge is 2.22. The summed E-state index contributed by atoms with van der Waals surface area (Å²) in [4.78, 5) is 2.52. The van der Waals surface area contributed by atoms with E-state index in [1.165, 1.54) is 16.7 Å². The van der Waals surface area contributed by atoms with Gasteiger partial charge in [-0.25, -0.2) is 0 Å². The number of benzene rings is 1. The van der Waals surface area contributed by atoms with Crippen LogP contribution in [-0.2, 0) is 4.74 Å². The molecule has 0 bridgehead atoms. The first-order chi connectivity index (χ1) is 9.10. The molecule has 0 radical (unpaired) electrons. The summed E-state index contributed by atoms with van der Waals surface area (Å²) >= 11 is 0. The first kappa shape index (κ1) is 14.5. The lowest BCUT2D eigenvalue weighted by molar-refractivity contribution is -0.00416. The molecule has 2 unspecified atom stereocenters. The molecule has 2 rings (SSSR count). The highest BCUT2D eigenvalue weighted by molar-refractivity contribution is 5.30. The Hall–Kier alpha value is -0.900. The molecule has 1 aliphatic heterocycles. The van der Waals surface area contributed by atoms with Gasteiger partial charge in [-0.2, -0.15) is 0 Å². The zero-order valence-electron chi connectivity index (χ0n) is 12.6. The van der Waals surface area contributed by atoms with Gasteiger partial charge in [0.1, 0.15) is 0 Å². The zero-order valence-corrected chi connectivity index (χ0v) is 12.6. The molecule has 1 N–H and O–H groups in total. The van der Waals surface area contributed by atoms with Gasteiger partial charge in [-0.15, -0.1) is 0 Å². The van der Waals surface area contributed by atoms with Gasteiger partial charge in [0.2, 0.25) is 0 Å². The molecule has 0 aliphatic carbocycles. The molecule has 19 heavy (non-hydrogen) atoms. The predicted molar refractivity (Wildman–Crippen MR) is 79.6 cm³/mol. The van der Waals surface area contributed by atoms with Crippen LogP contribution in [0.2, 0.25) is 0 Å². The quantitative estimate of drug-likeness (QED) is 0.901. The Morgan fingerprint density at radius 2 is 2.00 bits per heavy atom. The number of rotatable bonds is 4. The van der Waals surface area contributed by atoms with Crippen molar-refractivity contribution in [3.05, 3.63) is 34.9 Å². The van der Waals surface area contributed by atoms with Crippen molar-refractivity contribution in [1.82, 2.24) is 10.2 Å². The van der Waals surface area contributed by atoms with Crippen LogP contribution < -0.4 is 5.32 Å². The van der Waals surface area contributed by atoms with E-state index in [4.69, 9.17) is 4.74 Å². The minimum absolute atomic E-state index is 0.388. The third-order valence-electron chi connectivity index (χ3n) is 3.92. The van der Waals surface area contributed by atoms with Crippen molar-refractivity contribution in [3.8, 4) is 0 Å². The van der Waals surface area contributed by atoms with E-state index in [0.29, 0.717) is 12.1 Å². The van der Waals surface area contributed by atoms with Gasteiger partial charge >= 0.3 is 0 Å². The first-order valence-electron chi connectivity index (χ1n) is 7.17. The maximum absolute atomic E-state index is 5.51. The van der Waals surface area contributed by atoms with Gasteiger partial charge in [0.25, 0.3) is 0 Å². The van der Waals surface area contributed by atoms with E-state index in [1.807, 2.05) is 7.05 Å². The Morgan fingerprint density at radius 3 is 2.58 bits per heavy atom. The average molecular weight is 262 g/mol. The first-order valence-corrected chi connectivity index (χ1v) is 7.17. The number of ether oxygens (including phenoxy) is 1. The van der Waals surface area contributed by atoms with Crippen molar-refractivity contribution < 1.29 is 4.74 Å². The van der Waals surface area contributed by atoms with Crippen LogP contribution in [-0.4, -0.2) is 44.3 Å². The molecule has 0 saturated carbocycles. The third-order valence-corrected chi connectivity index (χ3v) is 3.92. The van der Waals surface area contributed by atoms with E-state index >= 15 is 0 Å². The van der Waals surface area contributed by atoms with Crippen LogP contribution in [0.1, 0.15) is 29.7 Å². The van der Waals surface area contributed by atoms with Crippen LogP contribution in [0.4, 0.5) is 0 Å². The second-order valence-electron chi connectivity index (χ2n) is 5.68. The number of hydrogen-bond donors (Lipinski definition) is 1. The summed E-state index contributed by atoms with van der Waals surface area (Å²) in [7, 11) is 2.05. The van der Waals surface area contributed by atoms with Gasteiger partial charge in [0.15, 0.2) is 0 Å². The Labute approximate surface area is 116 Å². The molecule has 1 aromatic carbocycles. The third kappa shape index (κ3) is 3.78. The monoisotopic (exact) mass is 262 g/mol. The predicted octanol–water partition coefficient (Wildman–Crippen LogP) is 2.28. The maximum atomic E-state index is 5.51. The summed E-state index contributed by atoms with van der Waals surface area (Å²) in [5, 5.41) is 3.46. The highest BCUT2D eigenvalue weighted by atomic mass is 16.5. The van der Waals surface area contributed by atoms with E-state index in [9.17, 15) is 0 Å². The van der Waals surface area contributed by atoms with Crippen LogP contribution in [0, 0.1) is 13.8 Å². The molecule has 3 heteroatoms. The summed E-state index contributed by atoms with van der Waals surface area (Å²) in [6, 6.07) is 7.71. The summed E-state index contributed by atoms with van der Waals surface area (Å²) in [5.41, 5.74) is 4.06. The van der Waals surface area contributed by atoms with Crippen molar-refractivity contribution in [2.75, 3.05) is 33.4 Å². The van der Waals surface area contributed by atoms with Crippen LogP contribution in [0.25, 0.3) is 0 Å². The molecule has 1 aromatic rings. The van der Waals surface area contributed by atoms with Crippen molar-refractivity contribution in [2.45, 2.75) is 32.9 Å². The summed E-state index contributed by atoms with van der Waals surface area (Å²) in [6.07, 6.45) is 0. The highest BCUT2D eigenvalue weighted by Crippen LogP contribution is 2.19. The lowest BCUT2D eigenvalue weighted by atomic mass is 10.0. The fourth-order valence-corrected chi connectivity index (χ4v) is 2.84. The van der Waals surface area contributed by atoms with Gasteiger partial charge in [-0.1, -0.05) is 29.3 Å². The van der Waals surface area contributed by atoms with E-state index in [2.05, 4.69) is 49.2 Å². The Balaban J connectivity index is 2.10. The van der Waals surface area contributed by atoms with Crippen LogP contribution >= 0.6 is 0 Å². The van der Waals surface area contributed by atoms with Crippen molar-refractivity contribution in [1.29, 1.82) is 0 Å². The number of aryl methyl sites for hydroxylation is 2. The molecule has 0 spiro atoms. The van der Waals surface area contributed by atoms with Gasteiger partial charge in [-0.05, 0) is 33.4 Å². The summed E-state index contributed by atoms with van der Waals surface area (Å²) in [6.45, 7) is 10.4. The smallest absolute Gasteiger partial charge is 0.0619 e. The van der Waals surface area contributed by atoms with E-state index in [1.54, 1.807) is 0 Å². The average Bonchev–Trinajstić information content (AvgIpc) is 2.36. The Morgan fingerprint density at radius 1 is 1.32 bits per heavy atom. The molecule has 1 fully saturated rings. The minimum atomic E-state index is 0.388. The molecule has 1 saturated heterocycles. The fourth-order valence-electron chi connectivity index (χ4n) is 2.84. The number of likely N-dealkylation sites (N-methyl/N-ethyl adjacent to an activating group) is 1. The number of hydrogen-bond acceptors (Lipinski definition) is 3. The van der Waals surface area contributed by atoms with Crippen molar-refractivity contribution in [2.24, 2.45) is 0 Å². The summed E-state index contributed by atoms with van der Waals surface area (Å²) < 4.78 is 5.51. The van der Waals surface area contributed by atoms with Gasteiger partial charge in [-0.3, -0.25) is 4.90 Å². The molecule has 2 atom stereocenters. The lowest BCUT2D eigenvalue weighted by Crippen LogP contribution is -2.46. The van der Waals surface area contributed by atoms with E-state index < -0.39 is 0 Å². The SMILES string of the molecule is CNC(CN1CCOCC1C)c1cc(C)cc(C)c1. The molecule has 3 nitrogen and oxygen atoms in total. The zero-order chi connectivity index (χ0) is 13.8. The Bertz CT molecular complexity index is 399. The minimum Gasteiger partial charge on any atom is -0.379 e. The molecule has 0 aromatic heterocycles. The van der Waals surface area contributed by atoms with Gasteiger partial charge in [0, 0.05) is 25.2 Å². The lowest BCUT2D eigenvalue weighted by Gasteiger charge is -2.36. The van der Waals surface area contributed by atoms with Crippen molar-refractivity contribution in [3.63, 3.8) is 0 Å². The second-order valence-corrected chi connectivity index (χ2v) is 5.68. The van der Waals surface area contributed by atoms with E-state index in [0.717, 1.165) is 26.3 Å². The molecule has 1 aliphatic rings. The molecule has 0 amide bonds. The Kier molecular flexibility index (Phi) is 4.97. The van der Waals surface area contributed by atoms with Crippen LogP contribution in [0.15, 0.2) is 18.2 Å². The van der Waals surface area contributed by atoms with Crippen molar-refractivity contribution >= 4 is 0 Å². The van der Waals surface area contributed by atoms with Gasteiger partial charge in [0.05, 0.1) is 13.2 Å². The summed E-state index contributed by atoms with van der Waals surface area (Å²) in [5.74, 6) is 0. The topological polar surface area (TPSA) is 24.5 Å². The van der Waals surface area contributed by atoms with Crippen LogP contribution in [0.3, 0.4) is 0 Å². The second kappa shape index (κ2) is 6.51. The molecular weight excluding hydrogens is 236 g/mol. The molecule has 106 valence electrons. The number of nitrogens with zero attached hydrogens (tertiary/aromatic N) is 1. The maximum Gasteiger partial charge on any atom is 0.0619 e. The molecule has 1 heterocycles. The fraction of sp³-hybridized carbons (Fsp3) is 0.625. The number of nitrogens with one attached hydrogen (secondary N) is 1. The molecular formula is C16H26N2O.